The fourth-order valence-corrected chi connectivity index (χ4v) is 4.18. The van der Waals surface area contributed by atoms with Crippen LogP contribution in [-0.2, 0) is 6.54 Å². The number of amides is 3. The first-order valence-electron chi connectivity index (χ1n) is 11.9. The van der Waals surface area contributed by atoms with Crippen molar-refractivity contribution in [2.24, 2.45) is 0 Å². The van der Waals surface area contributed by atoms with Gasteiger partial charge in [-0.05, 0) is 65.7 Å². The average molecular weight is 503 g/mol. The quantitative estimate of drug-likeness (QED) is 0.202. The highest BCUT2D eigenvalue weighted by Crippen LogP contribution is 2.26. The van der Waals surface area contributed by atoms with Gasteiger partial charge in [0.2, 0.25) is 0 Å². The Morgan fingerprint density at radius 3 is 2.08 bits per heavy atom. The number of benzene rings is 4. The van der Waals surface area contributed by atoms with Crippen molar-refractivity contribution in [2.45, 2.75) is 6.54 Å². The summed E-state index contributed by atoms with van der Waals surface area (Å²) >= 11 is 0. The molecule has 7 nitrogen and oxygen atoms in total. The Morgan fingerprint density at radius 1 is 0.789 bits per heavy atom. The van der Waals surface area contributed by atoms with E-state index in [2.05, 4.69) is 5.32 Å². The molecule has 0 atom stereocenters. The predicted octanol–water partition coefficient (Wildman–Crippen LogP) is 5.34. The van der Waals surface area contributed by atoms with Gasteiger partial charge in [-0.15, -0.1) is 0 Å². The summed E-state index contributed by atoms with van der Waals surface area (Å²) in [5, 5.41) is 13.0. The summed E-state index contributed by atoms with van der Waals surface area (Å²) in [6.45, 7) is -0.0415. The molecule has 0 bridgehead atoms. The number of rotatable bonds is 7. The van der Waals surface area contributed by atoms with Gasteiger partial charge in [0.15, 0.2) is 5.78 Å². The molecule has 1 heterocycles. The third-order valence-electron chi connectivity index (χ3n) is 6.18. The van der Waals surface area contributed by atoms with Crippen molar-refractivity contribution >= 4 is 35.3 Å². The number of phenolic OH excluding ortho intramolecular Hbond substituents is 1. The van der Waals surface area contributed by atoms with Crippen LogP contribution in [0.2, 0.25) is 0 Å². The Bertz CT molecular complexity index is 1560. The maximum absolute atomic E-state index is 12.9. The monoisotopic (exact) mass is 502 g/mol. The van der Waals surface area contributed by atoms with Crippen LogP contribution in [0.15, 0.2) is 103 Å². The normalized spacial score (nSPS) is 12.6. The lowest BCUT2D eigenvalue weighted by Crippen LogP contribution is -2.29. The minimum absolute atomic E-state index is 0.00921. The number of ketones is 1. The Labute approximate surface area is 218 Å². The van der Waals surface area contributed by atoms with Gasteiger partial charge in [0.05, 0.1) is 23.2 Å². The van der Waals surface area contributed by atoms with Crippen LogP contribution in [0.1, 0.15) is 52.6 Å². The first kappa shape index (κ1) is 24.4. The first-order chi connectivity index (χ1) is 18.4. The molecule has 0 aromatic heterocycles. The van der Waals surface area contributed by atoms with Crippen LogP contribution in [0.3, 0.4) is 0 Å². The maximum Gasteiger partial charge on any atom is 0.261 e. The van der Waals surface area contributed by atoms with E-state index in [1.54, 1.807) is 60.7 Å². The van der Waals surface area contributed by atoms with Crippen LogP contribution in [0.4, 0.5) is 5.69 Å². The highest BCUT2D eigenvalue weighted by Gasteiger charge is 2.35. The van der Waals surface area contributed by atoms with Crippen molar-refractivity contribution in [3.63, 3.8) is 0 Å². The van der Waals surface area contributed by atoms with Crippen molar-refractivity contribution in [2.75, 3.05) is 5.32 Å². The molecule has 0 saturated carbocycles. The number of nitrogens with zero attached hydrogens (tertiary/aromatic N) is 1. The number of carbonyl (C=O) groups excluding carboxylic acids is 4. The highest BCUT2D eigenvalue weighted by molar-refractivity contribution is 6.21. The molecule has 0 saturated heterocycles. The van der Waals surface area contributed by atoms with Gasteiger partial charge in [-0.1, -0.05) is 54.6 Å². The molecular formula is C31H22N2O5. The van der Waals surface area contributed by atoms with E-state index in [0.29, 0.717) is 27.9 Å². The zero-order chi connectivity index (χ0) is 26.6. The number of hydrogen-bond donors (Lipinski definition) is 2. The number of aromatic hydroxyl groups is 1. The molecule has 2 N–H and O–H groups in total. The SMILES string of the molecule is O=C(/C=C/c1ccccc1)c1ccc(NC(=O)c2cc(CN3C(=O)c4ccccc4C3=O)ccc2O)cc1. The Balaban J connectivity index is 1.26. The van der Waals surface area contributed by atoms with E-state index >= 15 is 0 Å². The molecule has 0 fully saturated rings. The van der Waals surface area contributed by atoms with E-state index in [1.165, 1.54) is 18.2 Å². The topological polar surface area (TPSA) is 104 Å². The molecule has 0 radical (unpaired) electrons. The van der Waals surface area contributed by atoms with E-state index in [-0.39, 0.29) is 23.6 Å². The molecule has 4 aromatic rings. The van der Waals surface area contributed by atoms with Crippen LogP contribution in [0.5, 0.6) is 5.75 Å². The number of hydrogen-bond acceptors (Lipinski definition) is 5. The Kier molecular flexibility index (Phi) is 6.65. The zero-order valence-corrected chi connectivity index (χ0v) is 20.1. The van der Waals surface area contributed by atoms with E-state index < -0.39 is 17.7 Å². The summed E-state index contributed by atoms with van der Waals surface area (Å²) in [5.74, 6) is -1.80. The first-order valence-corrected chi connectivity index (χ1v) is 11.9. The molecular weight excluding hydrogens is 480 g/mol. The summed E-state index contributed by atoms with van der Waals surface area (Å²) in [7, 11) is 0. The average Bonchev–Trinajstić information content (AvgIpc) is 3.18. The van der Waals surface area contributed by atoms with E-state index in [4.69, 9.17) is 0 Å². The van der Waals surface area contributed by atoms with Gasteiger partial charge in [-0.2, -0.15) is 0 Å². The lowest BCUT2D eigenvalue weighted by Gasteiger charge is -2.15. The minimum atomic E-state index is -0.574. The van der Waals surface area contributed by atoms with E-state index in [9.17, 15) is 24.3 Å². The Morgan fingerprint density at radius 2 is 1.42 bits per heavy atom. The predicted molar refractivity (Wildman–Crippen MR) is 143 cm³/mol. The third kappa shape index (κ3) is 4.99. The molecule has 1 aliphatic rings. The van der Waals surface area contributed by atoms with Crippen molar-refractivity contribution in [3.05, 3.63) is 137 Å². The van der Waals surface area contributed by atoms with Crippen molar-refractivity contribution in [3.8, 4) is 5.75 Å². The van der Waals surface area contributed by atoms with Gasteiger partial charge >= 0.3 is 0 Å². The number of fused-ring (bicyclic) bond motifs is 1. The summed E-state index contributed by atoms with van der Waals surface area (Å²) < 4.78 is 0. The number of nitrogens with one attached hydrogen (secondary N) is 1. The van der Waals surface area contributed by atoms with E-state index in [1.807, 2.05) is 30.3 Å². The molecule has 1 aliphatic heterocycles. The van der Waals surface area contributed by atoms with Gasteiger partial charge in [-0.3, -0.25) is 24.1 Å². The fraction of sp³-hybridized carbons (Fsp3) is 0.0323. The van der Waals surface area contributed by atoms with Gasteiger partial charge in [-0.25, -0.2) is 0 Å². The van der Waals surface area contributed by atoms with Crippen molar-refractivity contribution < 1.29 is 24.3 Å². The lowest BCUT2D eigenvalue weighted by atomic mass is 10.1. The third-order valence-corrected chi connectivity index (χ3v) is 6.18. The second-order valence-corrected chi connectivity index (χ2v) is 8.73. The summed E-state index contributed by atoms with van der Waals surface area (Å²) in [6.07, 6.45) is 3.22. The Hall–Kier alpha value is -5.30. The van der Waals surface area contributed by atoms with Crippen molar-refractivity contribution in [1.82, 2.24) is 4.90 Å². The van der Waals surface area contributed by atoms with Crippen LogP contribution in [0, 0.1) is 0 Å². The number of imide groups is 1. The molecule has 3 amide bonds. The van der Waals surface area contributed by atoms with Gasteiger partial charge in [0.25, 0.3) is 17.7 Å². The summed E-state index contributed by atoms with van der Waals surface area (Å²) in [6, 6.07) is 26.8. The molecule has 38 heavy (non-hydrogen) atoms. The second kappa shape index (κ2) is 10.4. The van der Waals surface area contributed by atoms with Crippen molar-refractivity contribution in [1.29, 1.82) is 0 Å². The van der Waals surface area contributed by atoms with Crippen LogP contribution in [0.25, 0.3) is 6.08 Å². The number of allylic oxidation sites excluding steroid dienone is 1. The highest BCUT2D eigenvalue weighted by atomic mass is 16.3. The maximum atomic E-state index is 12.9. The number of carbonyl (C=O) groups is 4. The summed E-state index contributed by atoms with van der Waals surface area (Å²) in [5.41, 5.74) is 2.98. The zero-order valence-electron chi connectivity index (χ0n) is 20.1. The van der Waals surface area contributed by atoms with Gasteiger partial charge < -0.3 is 10.4 Å². The number of phenols is 1. The molecule has 0 unspecified atom stereocenters. The minimum Gasteiger partial charge on any atom is -0.507 e. The number of anilines is 1. The molecule has 186 valence electrons. The fourth-order valence-electron chi connectivity index (χ4n) is 4.18. The smallest absolute Gasteiger partial charge is 0.261 e. The molecule has 5 rings (SSSR count). The second-order valence-electron chi connectivity index (χ2n) is 8.73. The van der Waals surface area contributed by atoms with E-state index in [0.717, 1.165) is 10.5 Å². The van der Waals surface area contributed by atoms with Crippen LogP contribution < -0.4 is 5.32 Å². The lowest BCUT2D eigenvalue weighted by molar-refractivity contribution is 0.0642. The molecule has 7 heteroatoms. The van der Waals surface area contributed by atoms with Gasteiger partial charge in [0.1, 0.15) is 5.75 Å². The standard InChI is InChI=1S/C31H22N2O5/c34-27(16-10-20-6-2-1-3-7-20)22-12-14-23(15-13-22)32-29(36)26-18-21(11-17-28(26)35)19-33-30(37)24-8-4-5-9-25(24)31(33)38/h1-18,35H,19H2,(H,32,36)/b16-10+. The van der Waals surface area contributed by atoms with Gasteiger partial charge in [0, 0.05) is 11.3 Å². The van der Waals surface area contributed by atoms with Crippen LogP contribution >= 0.6 is 0 Å². The largest absolute Gasteiger partial charge is 0.507 e. The summed E-state index contributed by atoms with van der Waals surface area (Å²) in [4.78, 5) is 51.8. The van der Waals surface area contributed by atoms with Crippen LogP contribution in [-0.4, -0.2) is 33.5 Å². The molecule has 0 spiro atoms. The molecule has 0 aliphatic carbocycles. The molecule has 4 aromatic carbocycles.